The van der Waals surface area contributed by atoms with Gasteiger partial charge in [-0.05, 0) is 45.1 Å². The van der Waals surface area contributed by atoms with E-state index in [1.807, 2.05) is 4.90 Å². The molecule has 1 aromatic heterocycles. The summed E-state index contributed by atoms with van der Waals surface area (Å²) in [5, 5.41) is 3.39. The van der Waals surface area contributed by atoms with Gasteiger partial charge in [-0.15, -0.1) is 0 Å². The van der Waals surface area contributed by atoms with Crippen LogP contribution in [0.5, 0.6) is 0 Å². The number of carbonyl (C=O) groups is 1. The highest BCUT2D eigenvalue weighted by atomic mass is 16.2. The summed E-state index contributed by atoms with van der Waals surface area (Å²) in [4.78, 5) is 34.0. The van der Waals surface area contributed by atoms with Gasteiger partial charge in [-0.2, -0.15) is 0 Å². The second-order valence-electron chi connectivity index (χ2n) is 7.47. The Balaban J connectivity index is 1.45. The van der Waals surface area contributed by atoms with Gasteiger partial charge in [0.2, 0.25) is 5.91 Å². The van der Waals surface area contributed by atoms with E-state index in [9.17, 15) is 9.59 Å². The van der Waals surface area contributed by atoms with Crippen molar-refractivity contribution in [3.63, 3.8) is 0 Å². The minimum Gasteiger partial charge on any atom is -0.342 e. The number of nitrogens with one attached hydrogen (secondary N) is 2. The SMILES string of the molecule is O=C(C1CC1)N1CCC(c2nc([C@H]3CCCNC3)cc(=O)[nH]2)CC1. The summed E-state index contributed by atoms with van der Waals surface area (Å²) in [7, 11) is 0. The lowest BCUT2D eigenvalue weighted by atomic mass is 9.93. The third kappa shape index (κ3) is 3.38. The third-order valence-corrected chi connectivity index (χ3v) is 5.61. The Morgan fingerprint density at radius 2 is 1.92 bits per heavy atom. The first-order valence-electron chi connectivity index (χ1n) is 9.31. The van der Waals surface area contributed by atoms with Crippen LogP contribution < -0.4 is 10.9 Å². The predicted octanol–water partition coefficient (Wildman–Crippen LogP) is 1.35. The average Bonchev–Trinajstić information content (AvgIpc) is 3.47. The molecule has 0 spiro atoms. The molecule has 2 saturated heterocycles. The summed E-state index contributed by atoms with van der Waals surface area (Å²) < 4.78 is 0. The van der Waals surface area contributed by atoms with E-state index in [-0.39, 0.29) is 11.5 Å². The predicted molar refractivity (Wildman–Crippen MR) is 91.0 cm³/mol. The van der Waals surface area contributed by atoms with Crippen molar-refractivity contribution in [2.45, 2.75) is 50.4 Å². The number of H-pyrrole nitrogens is 1. The third-order valence-electron chi connectivity index (χ3n) is 5.61. The van der Waals surface area contributed by atoms with Crippen molar-refractivity contribution in [2.24, 2.45) is 5.92 Å². The van der Waals surface area contributed by atoms with Gasteiger partial charge in [-0.1, -0.05) is 0 Å². The second-order valence-corrected chi connectivity index (χ2v) is 7.47. The Kier molecular flexibility index (Phi) is 4.39. The van der Waals surface area contributed by atoms with E-state index >= 15 is 0 Å². The van der Waals surface area contributed by atoms with Crippen molar-refractivity contribution in [2.75, 3.05) is 26.2 Å². The molecule has 2 aliphatic heterocycles. The van der Waals surface area contributed by atoms with Crippen LogP contribution in [0.1, 0.15) is 61.9 Å². The van der Waals surface area contributed by atoms with E-state index in [2.05, 4.69) is 10.3 Å². The van der Waals surface area contributed by atoms with Crippen LogP contribution in [0.3, 0.4) is 0 Å². The number of carbonyl (C=O) groups excluding carboxylic acids is 1. The van der Waals surface area contributed by atoms with E-state index in [4.69, 9.17) is 4.98 Å². The molecule has 130 valence electrons. The molecular formula is C18H26N4O2. The van der Waals surface area contributed by atoms with Crippen LogP contribution >= 0.6 is 0 Å². The molecule has 3 fully saturated rings. The first-order chi connectivity index (χ1) is 11.7. The fraction of sp³-hybridized carbons (Fsp3) is 0.722. The molecule has 1 aromatic rings. The van der Waals surface area contributed by atoms with E-state index in [0.29, 0.717) is 17.7 Å². The van der Waals surface area contributed by atoms with Crippen molar-refractivity contribution in [1.82, 2.24) is 20.2 Å². The summed E-state index contributed by atoms with van der Waals surface area (Å²) in [6, 6.07) is 1.66. The quantitative estimate of drug-likeness (QED) is 0.877. The van der Waals surface area contributed by atoms with Gasteiger partial charge in [0.1, 0.15) is 5.82 Å². The van der Waals surface area contributed by atoms with E-state index in [1.54, 1.807) is 6.07 Å². The fourth-order valence-electron chi connectivity index (χ4n) is 3.96. The van der Waals surface area contributed by atoms with Crippen LogP contribution in [-0.4, -0.2) is 47.0 Å². The minimum absolute atomic E-state index is 0.0444. The first-order valence-corrected chi connectivity index (χ1v) is 9.31. The molecule has 1 aliphatic carbocycles. The number of likely N-dealkylation sites (tertiary alicyclic amines) is 1. The van der Waals surface area contributed by atoms with Gasteiger partial charge in [-0.25, -0.2) is 4.98 Å². The van der Waals surface area contributed by atoms with Gasteiger partial charge in [0, 0.05) is 43.5 Å². The normalized spacial score (nSPS) is 25.7. The van der Waals surface area contributed by atoms with Gasteiger partial charge in [0.25, 0.3) is 5.56 Å². The number of nitrogens with zero attached hydrogens (tertiary/aromatic N) is 2. The Hall–Kier alpha value is -1.69. The summed E-state index contributed by atoms with van der Waals surface area (Å²) in [6.45, 7) is 3.54. The van der Waals surface area contributed by atoms with E-state index in [1.165, 1.54) is 0 Å². The molecule has 0 radical (unpaired) electrons. The highest BCUT2D eigenvalue weighted by Gasteiger charge is 2.35. The van der Waals surface area contributed by atoms with Crippen molar-refractivity contribution in [3.8, 4) is 0 Å². The molecule has 2 N–H and O–H groups in total. The molecule has 6 heteroatoms. The molecule has 1 atom stereocenters. The molecule has 4 rings (SSSR count). The molecular weight excluding hydrogens is 304 g/mol. The number of rotatable bonds is 3. The zero-order valence-corrected chi connectivity index (χ0v) is 14.1. The molecule has 24 heavy (non-hydrogen) atoms. The Labute approximate surface area is 142 Å². The average molecular weight is 330 g/mol. The molecule has 0 bridgehead atoms. The lowest BCUT2D eigenvalue weighted by molar-refractivity contribution is -0.133. The molecule has 3 heterocycles. The molecule has 0 aromatic carbocycles. The maximum Gasteiger partial charge on any atom is 0.251 e. The Morgan fingerprint density at radius 3 is 2.58 bits per heavy atom. The first kappa shape index (κ1) is 15.8. The van der Waals surface area contributed by atoms with Crippen molar-refractivity contribution >= 4 is 5.91 Å². The van der Waals surface area contributed by atoms with Gasteiger partial charge in [0.05, 0.1) is 5.69 Å². The Morgan fingerprint density at radius 1 is 1.12 bits per heavy atom. The number of hydrogen-bond acceptors (Lipinski definition) is 4. The van der Waals surface area contributed by atoms with E-state index in [0.717, 1.165) is 76.2 Å². The van der Waals surface area contributed by atoms with Crippen molar-refractivity contribution in [1.29, 1.82) is 0 Å². The van der Waals surface area contributed by atoms with Crippen LogP contribution in [0.4, 0.5) is 0 Å². The standard InChI is InChI=1S/C18H26N4O2/c23-16-10-15(14-2-1-7-19-11-14)20-17(21-16)12-5-8-22(9-6-12)18(24)13-3-4-13/h10,12-14,19H,1-9,11H2,(H,20,21,23)/t14-/m0/s1. The lowest BCUT2D eigenvalue weighted by Gasteiger charge is -2.32. The summed E-state index contributed by atoms with van der Waals surface area (Å²) in [6.07, 6.45) is 6.14. The van der Waals surface area contributed by atoms with Crippen LogP contribution in [0.25, 0.3) is 0 Å². The smallest absolute Gasteiger partial charge is 0.251 e. The highest BCUT2D eigenvalue weighted by Crippen LogP contribution is 2.34. The van der Waals surface area contributed by atoms with Crippen LogP contribution in [0, 0.1) is 5.92 Å². The summed E-state index contributed by atoms with van der Waals surface area (Å²) >= 11 is 0. The van der Waals surface area contributed by atoms with Crippen molar-refractivity contribution < 1.29 is 4.79 Å². The lowest BCUT2D eigenvalue weighted by Crippen LogP contribution is -2.39. The zero-order chi connectivity index (χ0) is 16.5. The number of piperidine rings is 2. The van der Waals surface area contributed by atoms with Crippen LogP contribution in [0.15, 0.2) is 10.9 Å². The fourth-order valence-corrected chi connectivity index (χ4v) is 3.96. The Bertz CT molecular complexity index is 653. The minimum atomic E-state index is -0.0444. The van der Waals surface area contributed by atoms with Gasteiger partial charge in [0.15, 0.2) is 0 Å². The van der Waals surface area contributed by atoms with Gasteiger partial charge >= 0.3 is 0 Å². The molecule has 3 aliphatic rings. The number of aromatic nitrogens is 2. The maximum absolute atomic E-state index is 12.2. The molecule has 0 unspecified atom stereocenters. The van der Waals surface area contributed by atoms with Crippen LogP contribution in [-0.2, 0) is 4.79 Å². The molecule has 1 saturated carbocycles. The van der Waals surface area contributed by atoms with E-state index < -0.39 is 0 Å². The van der Waals surface area contributed by atoms with Crippen molar-refractivity contribution in [3.05, 3.63) is 27.9 Å². The van der Waals surface area contributed by atoms with Gasteiger partial charge < -0.3 is 15.2 Å². The van der Waals surface area contributed by atoms with Crippen LogP contribution in [0.2, 0.25) is 0 Å². The monoisotopic (exact) mass is 330 g/mol. The summed E-state index contributed by atoms with van der Waals surface area (Å²) in [5.74, 6) is 2.05. The maximum atomic E-state index is 12.2. The molecule has 6 nitrogen and oxygen atoms in total. The second kappa shape index (κ2) is 6.67. The number of amides is 1. The molecule has 1 amide bonds. The van der Waals surface area contributed by atoms with Gasteiger partial charge in [-0.3, -0.25) is 9.59 Å². The topological polar surface area (TPSA) is 78.1 Å². The number of aromatic amines is 1. The summed E-state index contributed by atoms with van der Waals surface area (Å²) in [5.41, 5.74) is 0.884. The zero-order valence-electron chi connectivity index (χ0n) is 14.1. The number of hydrogen-bond donors (Lipinski definition) is 2. The highest BCUT2D eigenvalue weighted by molar-refractivity contribution is 5.81. The largest absolute Gasteiger partial charge is 0.342 e.